The van der Waals surface area contributed by atoms with Crippen LogP contribution in [0, 0.1) is 0 Å². The average Bonchev–Trinajstić information content (AvgIpc) is 2.43. The molecule has 1 aliphatic heterocycles. The molecule has 0 saturated carbocycles. The number of halogens is 1. The lowest BCUT2D eigenvalue weighted by molar-refractivity contribution is 0.0941. The zero-order valence-electron chi connectivity index (χ0n) is 11.6. The SMILES string of the molecule is CN1CCN(CCNC(=O)c2cc(N)cnc2Cl)CC1. The highest BCUT2D eigenvalue weighted by atomic mass is 35.5. The standard InChI is InChI=1S/C13H20ClN5O/c1-18-4-6-19(7-5-18)3-2-16-13(20)11-8-10(15)9-17-12(11)14/h8-9H,2-7,15H2,1H3,(H,16,20). The number of hydrogen-bond acceptors (Lipinski definition) is 5. The molecule has 3 N–H and O–H groups in total. The number of nitrogen functional groups attached to an aromatic ring is 1. The van der Waals surface area contributed by atoms with E-state index in [2.05, 4.69) is 27.1 Å². The summed E-state index contributed by atoms with van der Waals surface area (Å²) in [7, 11) is 2.12. The Kier molecular flexibility index (Phi) is 5.17. The fraction of sp³-hybridized carbons (Fsp3) is 0.538. The summed E-state index contributed by atoms with van der Waals surface area (Å²) < 4.78 is 0. The van der Waals surface area contributed by atoms with Crippen LogP contribution in [0.15, 0.2) is 12.3 Å². The minimum absolute atomic E-state index is 0.177. The Morgan fingerprint density at radius 1 is 1.45 bits per heavy atom. The van der Waals surface area contributed by atoms with Crippen molar-refractivity contribution in [3.05, 3.63) is 23.0 Å². The average molecular weight is 298 g/mol. The topological polar surface area (TPSA) is 74.5 Å². The number of rotatable bonds is 4. The first-order valence-electron chi connectivity index (χ1n) is 6.66. The molecule has 6 nitrogen and oxygen atoms in total. The summed E-state index contributed by atoms with van der Waals surface area (Å²) in [4.78, 5) is 20.5. The van der Waals surface area contributed by atoms with Gasteiger partial charge in [-0.05, 0) is 13.1 Å². The minimum Gasteiger partial charge on any atom is -0.397 e. The Bertz CT molecular complexity index is 474. The summed E-state index contributed by atoms with van der Waals surface area (Å²) in [6.07, 6.45) is 1.43. The quantitative estimate of drug-likeness (QED) is 0.782. The summed E-state index contributed by atoms with van der Waals surface area (Å²) in [6.45, 7) is 5.64. The van der Waals surface area contributed by atoms with Gasteiger partial charge in [0.15, 0.2) is 0 Å². The summed E-state index contributed by atoms with van der Waals surface area (Å²) in [5.41, 5.74) is 6.36. The van der Waals surface area contributed by atoms with E-state index in [1.165, 1.54) is 6.20 Å². The fourth-order valence-corrected chi connectivity index (χ4v) is 2.31. The van der Waals surface area contributed by atoms with Crippen LogP contribution in [0.2, 0.25) is 5.15 Å². The lowest BCUT2D eigenvalue weighted by Crippen LogP contribution is -2.46. The third kappa shape index (κ3) is 4.06. The van der Waals surface area contributed by atoms with Gasteiger partial charge in [0.2, 0.25) is 0 Å². The Morgan fingerprint density at radius 2 is 2.15 bits per heavy atom. The van der Waals surface area contributed by atoms with Crippen LogP contribution in [0.1, 0.15) is 10.4 Å². The highest BCUT2D eigenvalue weighted by Gasteiger charge is 2.15. The van der Waals surface area contributed by atoms with Gasteiger partial charge in [-0.3, -0.25) is 9.69 Å². The molecule has 2 heterocycles. The molecule has 0 unspecified atom stereocenters. The van der Waals surface area contributed by atoms with Crippen LogP contribution in [-0.4, -0.2) is 67.0 Å². The van der Waals surface area contributed by atoms with Crippen molar-refractivity contribution in [3.8, 4) is 0 Å². The van der Waals surface area contributed by atoms with Gasteiger partial charge in [0, 0.05) is 39.3 Å². The molecule has 0 aromatic carbocycles. The van der Waals surface area contributed by atoms with Gasteiger partial charge in [-0.1, -0.05) is 11.6 Å². The summed E-state index contributed by atoms with van der Waals surface area (Å²) in [5, 5.41) is 3.03. The third-order valence-corrected chi connectivity index (χ3v) is 3.72. The second kappa shape index (κ2) is 6.88. The van der Waals surface area contributed by atoms with Gasteiger partial charge in [0.05, 0.1) is 17.4 Å². The third-order valence-electron chi connectivity index (χ3n) is 3.41. The number of piperazine rings is 1. The number of anilines is 1. The molecule has 7 heteroatoms. The van der Waals surface area contributed by atoms with Gasteiger partial charge >= 0.3 is 0 Å². The summed E-state index contributed by atoms with van der Waals surface area (Å²) >= 11 is 5.89. The molecule has 1 aromatic heterocycles. The second-order valence-electron chi connectivity index (χ2n) is 5.01. The van der Waals surface area contributed by atoms with E-state index in [4.69, 9.17) is 17.3 Å². The number of carbonyl (C=O) groups excluding carboxylic acids is 1. The monoisotopic (exact) mass is 297 g/mol. The van der Waals surface area contributed by atoms with Gasteiger partial charge < -0.3 is 16.0 Å². The van der Waals surface area contributed by atoms with Crippen LogP contribution >= 0.6 is 11.6 Å². The Hall–Kier alpha value is -1.37. The van der Waals surface area contributed by atoms with Crippen molar-refractivity contribution >= 4 is 23.2 Å². The van der Waals surface area contributed by atoms with E-state index in [1.54, 1.807) is 6.07 Å². The smallest absolute Gasteiger partial charge is 0.254 e. The first-order chi connectivity index (χ1) is 9.56. The molecule has 2 rings (SSSR count). The van der Waals surface area contributed by atoms with Crippen molar-refractivity contribution < 1.29 is 4.79 Å². The summed E-state index contributed by atoms with van der Waals surface area (Å²) in [5.74, 6) is -0.232. The number of nitrogens with zero attached hydrogens (tertiary/aromatic N) is 3. The van der Waals surface area contributed by atoms with E-state index in [0.29, 0.717) is 17.8 Å². The molecule has 20 heavy (non-hydrogen) atoms. The zero-order valence-corrected chi connectivity index (χ0v) is 12.4. The number of nitrogens with one attached hydrogen (secondary N) is 1. The van der Waals surface area contributed by atoms with E-state index in [1.807, 2.05) is 0 Å². The summed E-state index contributed by atoms with van der Waals surface area (Å²) in [6, 6.07) is 1.54. The molecule has 1 aliphatic rings. The predicted molar refractivity (Wildman–Crippen MR) is 79.9 cm³/mol. The largest absolute Gasteiger partial charge is 0.397 e. The number of aromatic nitrogens is 1. The molecule has 1 fully saturated rings. The molecule has 0 aliphatic carbocycles. The first kappa shape index (κ1) is 15.0. The van der Waals surface area contributed by atoms with Gasteiger partial charge in [-0.2, -0.15) is 0 Å². The molecule has 0 spiro atoms. The van der Waals surface area contributed by atoms with Crippen molar-refractivity contribution in [2.24, 2.45) is 0 Å². The molecule has 1 aromatic rings. The molecular weight excluding hydrogens is 278 g/mol. The predicted octanol–water partition coefficient (Wildman–Crippen LogP) is 0.294. The maximum absolute atomic E-state index is 12.0. The minimum atomic E-state index is -0.232. The number of nitrogens with two attached hydrogens (primary N) is 1. The first-order valence-corrected chi connectivity index (χ1v) is 7.04. The molecule has 0 atom stereocenters. The molecule has 1 amide bonds. The maximum atomic E-state index is 12.0. The Labute approximate surface area is 123 Å². The van der Waals surface area contributed by atoms with Crippen molar-refractivity contribution in [2.75, 3.05) is 52.0 Å². The van der Waals surface area contributed by atoms with E-state index in [9.17, 15) is 4.79 Å². The van der Waals surface area contributed by atoms with Crippen molar-refractivity contribution in [1.29, 1.82) is 0 Å². The number of likely N-dealkylation sites (N-methyl/N-ethyl adjacent to an activating group) is 1. The molecule has 0 radical (unpaired) electrons. The Balaban J connectivity index is 1.79. The van der Waals surface area contributed by atoms with Crippen LogP contribution < -0.4 is 11.1 Å². The Morgan fingerprint density at radius 3 is 2.85 bits per heavy atom. The lowest BCUT2D eigenvalue weighted by Gasteiger charge is -2.32. The fourth-order valence-electron chi connectivity index (χ4n) is 2.12. The van der Waals surface area contributed by atoms with Gasteiger partial charge in [0.25, 0.3) is 5.91 Å². The van der Waals surface area contributed by atoms with Gasteiger partial charge in [-0.25, -0.2) is 4.98 Å². The van der Waals surface area contributed by atoms with E-state index < -0.39 is 0 Å². The number of carbonyl (C=O) groups is 1. The van der Waals surface area contributed by atoms with Gasteiger partial charge in [-0.15, -0.1) is 0 Å². The highest BCUT2D eigenvalue weighted by Crippen LogP contribution is 2.15. The molecule has 1 saturated heterocycles. The lowest BCUT2D eigenvalue weighted by atomic mass is 10.2. The zero-order chi connectivity index (χ0) is 14.5. The normalized spacial score (nSPS) is 17.1. The van der Waals surface area contributed by atoms with Crippen LogP contribution in [0.5, 0.6) is 0 Å². The molecule has 110 valence electrons. The highest BCUT2D eigenvalue weighted by molar-refractivity contribution is 6.32. The van der Waals surface area contributed by atoms with E-state index in [0.717, 1.165) is 32.7 Å². The molecule has 0 bridgehead atoms. The number of hydrogen-bond donors (Lipinski definition) is 2. The van der Waals surface area contributed by atoms with E-state index in [-0.39, 0.29) is 11.1 Å². The van der Waals surface area contributed by atoms with Gasteiger partial charge in [0.1, 0.15) is 5.15 Å². The van der Waals surface area contributed by atoms with E-state index >= 15 is 0 Å². The number of pyridine rings is 1. The maximum Gasteiger partial charge on any atom is 0.254 e. The van der Waals surface area contributed by atoms with Crippen LogP contribution in [0.4, 0.5) is 5.69 Å². The molecular formula is C13H20ClN5O. The van der Waals surface area contributed by atoms with Crippen LogP contribution in [-0.2, 0) is 0 Å². The van der Waals surface area contributed by atoms with Crippen LogP contribution in [0.25, 0.3) is 0 Å². The van der Waals surface area contributed by atoms with Crippen molar-refractivity contribution in [2.45, 2.75) is 0 Å². The van der Waals surface area contributed by atoms with Crippen molar-refractivity contribution in [1.82, 2.24) is 20.1 Å². The van der Waals surface area contributed by atoms with Crippen LogP contribution in [0.3, 0.4) is 0 Å². The second-order valence-corrected chi connectivity index (χ2v) is 5.37. The number of amides is 1. The van der Waals surface area contributed by atoms with Crippen molar-refractivity contribution in [3.63, 3.8) is 0 Å².